The van der Waals surface area contributed by atoms with E-state index in [0.717, 1.165) is 23.6 Å². The van der Waals surface area contributed by atoms with E-state index in [1.54, 1.807) is 4.68 Å². The van der Waals surface area contributed by atoms with Crippen LogP contribution in [0.4, 0.5) is 5.69 Å². The lowest BCUT2D eigenvalue weighted by Gasteiger charge is -2.22. The molecule has 0 saturated heterocycles. The molecule has 20 heavy (non-hydrogen) atoms. The van der Waals surface area contributed by atoms with Crippen LogP contribution < -0.4 is 10.5 Å². The van der Waals surface area contributed by atoms with Gasteiger partial charge in [0.05, 0.1) is 5.69 Å². The van der Waals surface area contributed by atoms with E-state index in [1.165, 1.54) is 0 Å². The Morgan fingerprint density at radius 2 is 1.90 bits per heavy atom. The number of anilines is 1. The molecule has 2 rings (SSSR count). The standard InChI is InChI=1S/C16H23N3O/c1-6-19-15(14(17)11(2)18-19)20-13-10-8-7-9-12(13)16(3,4)5/h7-10H,6,17H2,1-5H3. The molecule has 0 amide bonds. The minimum absolute atomic E-state index is 0.0114. The number of nitrogen functional groups attached to an aromatic ring is 1. The van der Waals surface area contributed by atoms with Crippen molar-refractivity contribution < 1.29 is 4.74 Å². The van der Waals surface area contributed by atoms with E-state index in [9.17, 15) is 0 Å². The van der Waals surface area contributed by atoms with Gasteiger partial charge < -0.3 is 10.5 Å². The van der Waals surface area contributed by atoms with Gasteiger partial charge in [-0.15, -0.1) is 0 Å². The summed E-state index contributed by atoms with van der Waals surface area (Å²) in [5, 5.41) is 4.38. The van der Waals surface area contributed by atoms with Crippen molar-refractivity contribution in [3.8, 4) is 11.6 Å². The number of nitrogens with two attached hydrogens (primary N) is 1. The Kier molecular flexibility index (Phi) is 3.75. The van der Waals surface area contributed by atoms with Crippen molar-refractivity contribution in [3.05, 3.63) is 35.5 Å². The van der Waals surface area contributed by atoms with Crippen molar-refractivity contribution in [3.63, 3.8) is 0 Å². The lowest BCUT2D eigenvalue weighted by molar-refractivity contribution is 0.404. The maximum absolute atomic E-state index is 6.09. The highest BCUT2D eigenvalue weighted by atomic mass is 16.5. The van der Waals surface area contributed by atoms with Crippen LogP contribution in [0, 0.1) is 6.92 Å². The molecule has 0 atom stereocenters. The van der Waals surface area contributed by atoms with Crippen LogP contribution in [0.1, 0.15) is 39.0 Å². The van der Waals surface area contributed by atoms with Gasteiger partial charge in [-0.2, -0.15) is 5.10 Å². The second-order valence-corrected chi connectivity index (χ2v) is 5.97. The van der Waals surface area contributed by atoms with Crippen molar-refractivity contribution in [1.29, 1.82) is 0 Å². The highest BCUT2D eigenvalue weighted by Crippen LogP contribution is 2.36. The molecule has 0 aliphatic rings. The van der Waals surface area contributed by atoms with Crippen LogP contribution in [0.25, 0.3) is 0 Å². The van der Waals surface area contributed by atoms with Crippen LogP contribution in [0.15, 0.2) is 24.3 Å². The molecule has 0 radical (unpaired) electrons. The van der Waals surface area contributed by atoms with Gasteiger partial charge in [-0.3, -0.25) is 0 Å². The number of aromatic nitrogens is 2. The highest BCUT2D eigenvalue weighted by molar-refractivity contribution is 5.55. The summed E-state index contributed by atoms with van der Waals surface area (Å²) < 4.78 is 7.88. The Morgan fingerprint density at radius 1 is 1.25 bits per heavy atom. The molecule has 0 fully saturated rings. The monoisotopic (exact) mass is 273 g/mol. The van der Waals surface area contributed by atoms with Crippen molar-refractivity contribution in [1.82, 2.24) is 9.78 Å². The molecule has 1 aromatic heterocycles. The van der Waals surface area contributed by atoms with Gasteiger partial charge in [0.1, 0.15) is 11.4 Å². The molecule has 0 bridgehead atoms. The molecule has 108 valence electrons. The number of nitrogens with zero attached hydrogens (tertiary/aromatic N) is 2. The van der Waals surface area contributed by atoms with Crippen LogP contribution in [0.2, 0.25) is 0 Å². The molecular formula is C16H23N3O. The van der Waals surface area contributed by atoms with Gasteiger partial charge in [0.15, 0.2) is 0 Å². The molecule has 0 aliphatic carbocycles. The zero-order valence-electron chi connectivity index (χ0n) is 12.9. The first-order valence-electron chi connectivity index (χ1n) is 6.94. The third kappa shape index (κ3) is 2.64. The fourth-order valence-corrected chi connectivity index (χ4v) is 2.18. The average Bonchev–Trinajstić information content (AvgIpc) is 2.66. The van der Waals surface area contributed by atoms with Crippen molar-refractivity contribution in [2.75, 3.05) is 5.73 Å². The first-order chi connectivity index (χ1) is 9.34. The highest BCUT2D eigenvalue weighted by Gasteiger charge is 2.21. The summed E-state index contributed by atoms with van der Waals surface area (Å²) in [6.45, 7) is 11.1. The SMILES string of the molecule is CCn1nc(C)c(N)c1Oc1ccccc1C(C)(C)C. The molecule has 1 heterocycles. The Morgan fingerprint density at radius 3 is 2.50 bits per heavy atom. The first-order valence-corrected chi connectivity index (χ1v) is 6.94. The van der Waals surface area contributed by atoms with Crippen LogP contribution in [-0.2, 0) is 12.0 Å². The van der Waals surface area contributed by atoms with Crippen LogP contribution in [0.3, 0.4) is 0 Å². The maximum Gasteiger partial charge on any atom is 0.241 e. The van der Waals surface area contributed by atoms with Gasteiger partial charge >= 0.3 is 0 Å². The first kappa shape index (κ1) is 14.4. The topological polar surface area (TPSA) is 53.1 Å². The number of hydrogen-bond acceptors (Lipinski definition) is 3. The van der Waals surface area contributed by atoms with Gasteiger partial charge in [0.25, 0.3) is 0 Å². The molecule has 0 spiro atoms. The summed E-state index contributed by atoms with van der Waals surface area (Å²) in [5.41, 5.74) is 8.65. The molecule has 0 saturated carbocycles. The summed E-state index contributed by atoms with van der Waals surface area (Å²) in [4.78, 5) is 0. The van der Waals surface area contributed by atoms with E-state index in [4.69, 9.17) is 10.5 Å². The summed E-state index contributed by atoms with van der Waals surface area (Å²) >= 11 is 0. The predicted molar refractivity (Wildman–Crippen MR) is 82.3 cm³/mol. The normalized spacial score (nSPS) is 11.7. The smallest absolute Gasteiger partial charge is 0.241 e. The zero-order valence-corrected chi connectivity index (χ0v) is 12.9. The molecule has 0 unspecified atom stereocenters. The molecule has 0 aliphatic heterocycles. The largest absolute Gasteiger partial charge is 0.437 e. The number of para-hydroxylation sites is 1. The zero-order chi connectivity index (χ0) is 14.9. The quantitative estimate of drug-likeness (QED) is 0.923. The van der Waals surface area contributed by atoms with E-state index < -0.39 is 0 Å². The minimum atomic E-state index is 0.0114. The Hall–Kier alpha value is -1.97. The van der Waals surface area contributed by atoms with Crippen LogP contribution >= 0.6 is 0 Å². The van der Waals surface area contributed by atoms with Gasteiger partial charge in [-0.05, 0) is 25.3 Å². The van der Waals surface area contributed by atoms with E-state index in [1.807, 2.05) is 32.0 Å². The Balaban J connectivity index is 2.46. The molecule has 4 nitrogen and oxygen atoms in total. The number of aryl methyl sites for hydroxylation is 2. The summed E-state index contributed by atoms with van der Waals surface area (Å²) in [6, 6.07) is 8.06. The van der Waals surface area contributed by atoms with Crippen molar-refractivity contribution in [2.24, 2.45) is 0 Å². The van der Waals surface area contributed by atoms with E-state index in [-0.39, 0.29) is 5.41 Å². The van der Waals surface area contributed by atoms with E-state index in [2.05, 4.69) is 31.9 Å². The van der Waals surface area contributed by atoms with Gasteiger partial charge in [0, 0.05) is 12.1 Å². The average molecular weight is 273 g/mol. The molecule has 2 N–H and O–H groups in total. The van der Waals surface area contributed by atoms with Crippen LogP contribution in [-0.4, -0.2) is 9.78 Å². The summed E-state index contributed by atoms with van der Waals surface area (Å²) in [5.74, 6) is 1.46. The lowest BCUT2D eigenvalue weighted by atomic mass is 9.86. The second kappa shape index (κ2) is 5.19. The number of rotatable bonds is 3. The van der Waals surface area contributed by atoms with Gasteiger partial charge in [0.2, 0.25) is 5.88 Å². The maximum atomic E-state index is 6.09. The molecular weight excluding hydrogens is 250 g/mol. The third-order valence-electron chi connectivity index (χ3n) is 3.33. The predicted octanol–water partition coefficient (Wildman–Crippen LogP) is 3.88. The molecule has 2 aromatic rings. The van der Waals surface area contributed by atoms with Crippen LogP contribution in [0.5, 0.6) is 11.6 Å². The minimum Gasteiger partial charge on any atom is -0.437 e. The number of hydrogen-bond donors (Lipinski definition) is 1. The van der Waals surface area contributed by atoms with Gasteiger partial charge in [-0.25, -0.2) is 4.68 Å². The van der Waals surface area contributed by atoms with Gasteiger partial charge in [-0.1, -0.05) is 39.0 Å². The second-order valence-electron chi connectivity index (χ2n) is 5.97. The number of benzene rings is 1. The fourth-order valence-electron chi connectivity index (χ4n) is 2.18. The number of ether oxygens (including phenoxy) is 1. The van der Waals surface area contributed by atoms with Crippen molar-refractivity contribution >= 4 is 5.69 Å². The summed E-state index contributed by atoms with van der Waals surface area (Å²) in [6.07, 6.45) is 0. The molecule has 1 aromatic carbocycles. The van der Waals surface area contributed by atoms with E-state index in [0.29, 0.717) is 11.6 Å². The molecule has 4 heteroatoms. The third-order valence-corrected chi connectivity index (χ3v) is 3.33. The fraction of sp³-hybridized carbons (Fsp3) is 0.438. The van der Waals surface area contributed by atoms with Crippen molar-refractivity contribution in [2.45, 2.75) is 46.6 Å². The van der Waals surface area contributed by atoms with E-state index >= 15 is 0 Å². The lowest BCUT2D eigenvalue weighted by Crippen LogP contribution is -2.13. The Bertz CT molecular complexity index is 609. The Labute approximate surface area is 120 Å². The summed E-state index contributed by atoms with van der Waals surface area (Å²) in [7, 11) is 0.